The largest absolute Gasteiger partial charge is 0.383 e. The van der Waals surface area contributed by atoms with Gasteiger partial charge in [-0.15, -0.1) is 0 Å². The minimum atomic E-state index is -3.58. The van der Waals surface area contributed by atoms with Crippen molar-refractivity contribution in [3.8, 4) is 0 Å². The molecule has 7 nitrogen and oxygen atoms in total. The lowest BCUT2D eigenvalue weighted by Gasteiger charge is -2.27. The van der Waals surface area contributed by atoms with Crippen LogP contribution < -0.4 is 5.32 Å². The van der Waals surface area contributed by atoms with Gasteiger partial charge in [0.15, 0.2) is 0 Å². The quantitative estimate of drug-likeness (QED) is 0.652. The molecule has 0 fully saturated rings. The summed E-state index contributed by atoms with van der Waals surface area (Å²) >= 11 is 0. The van der Waals surface area contributed by atoms with Crippen LogP contribution >= 0.6 is 0 Å². The molecule has 1 unspecified atom stereocenters. The molecular formula is C13H25N3O4S. The van der Waals surface area contributed by atoms with Crippen molar-refractivity contribution in [2.75, 3.05) is 41.0 Å². The zero-order chi connectivity index (χ0) is 15.9. The van der Waals surface area contributed by atoms with E-state index in [0.29, 0.717) is 19.8 Å². The van der Waals surface area contributed by atoms with Crippen molar-refractivity contribution < 1.29 is 17.9 Å². The lowest BCUT2D eigenvalue weighted by atomic mass is 10.3. The molecule has 0 aromatic carbocycles. The molecule has 8 heteroatoms. The Labute approximate surface area is 126 Å². The maximum absolute atomic E-state index is 12.7. The van der Waals surface area contributed by atoms with E-state index < -0.39 is 10.0 Å². The van der Waals surface area contributed by atoms with Gasteiger partial charge in [-0.1, -0.05) is 0 Å². The van der Waals surface area contributed by atoms with Crippen LogP contribution in [0.5, 0.6) is 0 Å². The summed E-state index contributed by atoms with van der Waals surface area (Å²) in [5.41, 5.74) is 0.821. The van der Waals surface area contributed by atoms with Gasteiger partial charge < -0.3 is 19.8 Å². The first-order valence-electron chi connectivity index (χ1n) is 6.79. The normalized spacial score (nSPS) is 13.8. The van der Waals surface area contributed by atoms with Crippen LogP contribution in [0.15, 0.2) is 17.2 Å². The second kappa shape index (κ2) is 8.50. The van der Waals surface area contributed by atoms with Crippen molar-refractivity contribution in [1.29, 1.82) is 0 Å². The molecule has 0 aliphatic carbocycles. The highest BCUT2D eigenvalue weighted by Crippen LogP contribution is 2.19. The van der Waals surface area contributed by atoms with Crippen LogP contribution in [0.4, 0.5) is 0 Å². The summed E-state index contributed by atoms with van der Waals surface area (Å²) in [6.45, 7) is 3.35. The minimum Gasteiger partial charge on any atom is -0.383 e. The molecular weight excluding hydrogens is 294 g/mol. The lowest BCUT2D eigenvalue weighted by molar-refractivity contribution is 0.119. The number of nitrogens with zero attached hydrogens (tertiary/aromatic N) is 1. The lowest BCUT2D eigenvalue weighted by Crippen LogP contribution is -2.42. The molecule has 0 bridgehead atoms. The molecule has 0 saturated carbocycles. The van der Waals surface area contributed by atoms with Crippen molar-refractivity contribution >= 4 is 10.0 Å². The van der Waals surface area contributed by atoms with Crippen molar-refractivity contribution in [2.45, 2.75) is 24.4 Å². The summed E-state index contributed by atoms with van der Waals surface area (Å²) in [4.78, 5) is 3.22. The summed E-state index contributed by atoms with van der Waals surface area (Å²) in [5.74, 6) is 0. The molecule has 0 amide bonds. The van der Waals surface area contributed by atoms with E-state index >= 15 is 0 Å². The second-order valence-corrected chi connectivity index (χ2v) is 6.69. The van der Waals surface area contributed by atoms with Gasteiger partial charge in [-0.2, -0.15) is 4.31 Å². The van der Waals surface area contributed by atoms with Gasteiger partial charge in [-0.05, 0) is 20.0 Å². The number of ether oxygens (including phenoxy) is 2. The van der Waals surface area contributed by atoms with Gasteiger partial charge in [-0.3, -0.25) is 0 Å². The van der Waals surface area contributed by atoms with Gasteiger partial charge in [0.1, 0.15) is 0 Å². The van der Waals surface area contributed by atoms with E-state index in [0.717, 1.165) is 5.69 Å². The van der Waals surface area contributed by atoms with Crippen LogP contribution in [0.1, 0.15) is 12.6 Å². The van der Waals surface area contributed by atoms with Gasteiger partial charge in [0.25, 0.3) is 0 Å². The molecule has 1 rings (SSSR count). The van der Waals surface area contributed by atoms with Crippen LogP contribution in [-0.4, -0.2) is 64.8 Å². The smallest absolute Gasteiger partial charge is 0.244 e. The average molecular weight is 319 g/mol. The van der Waals surface area contributed by atoms with Crippen molar-refractivity contribution in [3.05, 3.63) is 18.0 Å². The third-order valence-electron chi connectivity index (χ3n) is 3.11. The maximum Gasteiger partial charge on any atom is 0.244 e. The Morgan fingerprint density at radius 3 is 2.67 bits per heavy atom. The first kappa shape index (κ1) is 18.1. The first-order chi connectivity index (χ1) is 9.97. The second-order valence-electron chi connectivity index (χ2n) is 4.80. The fourth-order valence-corrected chi connectivity index (χ4v) is 3.70. The van der Waals surface area contributed by atoms with Crippen LogP contribution in [0.2, 0.25) is 0 Å². The molecule has 21 heavy (non-hydrogen) atoms. The number of aromatic nitrogens is 1. The molecule has 1 aromatic heterocycles. The fraction of sp³-hybridized carbons (Fsp3) is 0.692. The van der Waals surface area contributed by atoms with Gasteiger partial charge in [0.2, 0.25) is 10.0 Å². The Hall–Kier alpha value is -0.930. The summed E-state index contributed by atoms with van der Waals surface area (Å²) in [7, 11) is 1.33. The maximum atomic E-state index is 12.7. The summed E-state index contributed by atoms with van der Waals surface area (Å²) in [6, 6.07) is 1.38. The van der Waals surface area contributed by atoms with E-state index in [9.17, 15) is 8.42 Å². The van der Waals surface area contributed by atoms with Crippen molar-refractivity contribution in [2.24, 2.45) is 0 Å². The number of hydrogen-bond donors (Lipinski definition) is 2. The molecule has 0 radical (unpaired) electrons. The number of hydrogen-bond acceptors (Lipinski definition) is 5. The number of nitrogens with one attached hydrogen (secondary N) is 2. The summed E-state index contributed by atoms with van der Waals surface area (Å²) in [5, 5.41) is 2.98. The van der Waals surface area contributed by atoms with E-state index in [4.69, 9.17) is 9.47 Å². The number of aromatic amines is 1. The molecule has 2 N–H and O–H groups in total. The molecule has 122 valence electrons. The Morgan fingerprint density at radius 1 is 1.38 bits per heavy atom. The molecule has 1 aromatic rings. The number of methoxy groups -OCH3 is 2. The van der Waals surface area contributed by atoms with E-state index in [1.54, 1.807) is 27.3 Å². The average Bonchev–Trinajstić information content (AvgIpc) is 2.89. The third-order valence-corrected chi connectivity index (χ3v) is 5.10. The third kappa shape index (κ3) is 4.79. The molecule has 0 saturated heterocycles. The van der Waals surface area contributed by atoms with Crippen LogP contribution in [0.25, 0.3) is 0 Å². The fourth-order valence-electron chi connectivity index (χ4n) is 2.08. The zero-order valence-electron chi connectivity index (χ0n) is 13.0. The Balaban J connectivity index is 3.00. The molecule has 1 heterocycles. The highest BCUT2D eigenvalue weighted by Gasteiger charge is 2.29. The van der Waals surface area contributed by atoms with E-state index in [-0.39, 0.29) is 17.5 Å². The van der Waals surface area contributed by atoms with E-state index in [1.807, 2.05) is 6.92 Å². The van der Waals surface area contributed by atoms with Crippen LogP contribution in [0.3, 0.4) is 0 Å². The van der Waals surface area contributed by atoms with Crippen LogP contribution in [-0.2, 0) is 26.0 Å². The van der Waals surface area contributed by atoms with E-state index in [2.05, 4.69) is 10.3 Å². The topological polar surface area (TPSA) is 83.7 Å². The Kier molecular flexibility index (Phi) is 7.33. The van der Waals surface area contributed by atoms with Crippen molar-refractivity contribution in [3.63, 3.8) is 0 Å². The zero-order valence-corrected chi connectivity index (χ0v) is 13.9. The Bertz CT molecular complexity index is 515. The molecule has 0 spiro atoms. The molecule has 0 aliphatic heterocycles. The molecule has 1 atom stereocenters. The highest BCUT2D eigenvalue weighted by atomic mass is 32.2. The standard InChI is InChI=1S/C13H25N3O4S/c1-11(10-20-4)16(5-6-19-3)21(17,18)13-7-12(8-14-2)15-9-13/h7,9,11,14-15H,5-6,8,10H2,1-4H3. The predicted octanol–water partition coefficient (Wildman–Crippen LogP) is 0.406. The van der Waals surface area contributed by atoms with Gasteiger partial charge in [0, 0.05) is 45.2 Å². The van der Waals surface area contributed by atoms with Gasteiger partial charge in [0.05, 0.1) is 18.1 Å². The van der Waals surface area contributed by atoms with Crippen LogP contribution in [0, 0.1) is 0 Å². The highest BCUT2D eigenvalue weighted by molar-refractivity contribution is 7.89. The first-order valence-corrected chi connectivity index (χ1v) is 8.23. The molecule has 0 aliphatic rings. The number of rotatable bonds is 10. The minimum absolute atomic E-state index is 0.256. The number of sulfonamides is 1. The SMILES string of the molecule is CNCc1cc(S(=O)(=O)N(CCOC)C(C)COC)c[nH]1. The summed E-state index contributed by atoms with van der Waals surface area (Å²) in [6.07, 6.45) is 1.52. The van der Waals surface area contributed by atoms with Gasteiger partial charge >= 0.3 is 0 Å². The summed E-state index contributed by atoms with van der Waals surface area (Å²) < 4.78 is 37.0. The van der Waals surface area contributed by atoms with Gasteiger partial charge in [-0.25, -0.2) is 8.42 Å². The number of H-pyrrole nitrogens is 1. The van der Waals surface area contributed by atoms with E-state index in [1.165, 1.54) is 10.5 Å². The predicted molar refractivity (Wildman–Crippen MR) is 80.7 cm³/mol. The van der Waals surface area contributed by atoms with Crippen molar-refractivity contribution in [1.82, 2.24) is 14.6 Å². The monoisotopic (exact) mass is 319 g/mol. The Morgan fingerprint density at radius 2 is 2.10 bits per heavy atom.